The lowest BCUT2D eigenvalue weighted by Crippen LogP contribution is -2.40. The van der Waals surface area contributed by atoms with Crippen LogP contribution in [0.5, 0.6) is 0 Å². The summed E-state index contributed by atoms with van der Waals surface area (Å²) in [6, 6.07) is 9.83. The Hall–Kier alpha value is -1.81. The second-order valence-electron chi connectivity index (χ2n) is 5.53. The van der Waals surface area contributed by atoms with Crippen molar-refractivity contribution in [3.8, 4) is 0 Å². The molecular weight excluding hydrogens is 264 g/mol. The molecule has 0 saturated carbocycles. The fourth-order valence-corrected chi connectivity index (χ4v) is 2.48. The van der Waals surface area contributed by atoms with Crippen LogP contribution in [-0.2, 0) is 4.79 Å². The summed E-state index contributed by atoms with van der Waals surface area (Å²) in [7, 11) is 0. The van der Waals surface area contributed by atoms with Gasteiger partial charge in [0, 0.05) is 24.4 Å². The molecule has 21 heavy (non-hydrogen) atoms. The molecule has 0 spiro atoms. The Bertz CT molecular complexity index is 573. The first-order chi connectivity index (χ1) is 10.1. The number of amides is 1. The van der Waals surface area contributed by atoms with Gasteiger partial charge in [0.2, 0.25) is 5.91 Å². The highest BCUT2D eigenvalue weighted by Crippen LogP contribution is 2.28. The van der Waals surface area contributed by atoms with Gasteiger partial charge >= 0.3 is 0 Å². The minimum absolute atomic E-state index is 0.0844. The van der Waals surface area contributed by atoms with E-state index in [0.717, 1.165) is 23.2 Å². The normalized spacial score (nSPS) is 14.1. The van der Waals surface area contributed by atoms with E-state index in [-0.39, 0.29) is 17.9 Å². The van der Waals surface area contributed by atoms with Crippen molar-refractivity contribution in [2.24, 2.45) is 11.7 Å². The monoisotopic (exact) mass is 288 g/mol. The van der Waals surface area contributed by atoms with Gasteiger partial charge in [0.05, 0.1) is 6.04 Å². The Morgan fingerprint density at radius 1 is 1.33 bits per heavy atom. The van der Waals surface area contributed by atoms with Gasteiger partial charge in [-0.25, -0.2) is 0 Å². The van der Waals surface area contributed by atoms with Crippen molar-refractivity contribution in [1.82, 2.24) is 4.90 Å². The maximum absolute atomic E-state index is 12.5. The third-order valence-electron chi connectivity index (χ3n) is 3.85. The van der Waals surface area contributed by atoms with Crippen molar-refractivity contribution in [3.05, 3.63) is 36.1 Å². The van der Waals surface area contributed by atoms with Crippen LogP contribution in [-0.4, -0.2) is 23.9 Å². The van der Waals surface area contributed by atoms with Crippen molar-refractivity contribution < 1.29 is 9.21 Å². The molecular formula is C17H24N2O2. The summed E-state index contributed by atoms with van der Waals surface area (Å²) in [5.41, 5.74) is 6.49. The van der Waals surface area contributed by atoms with Gasteiger partial charge in [-0.05, 0) is 25.5 Å². The average Bonchev–Trinajstić information content (AvgIpc) is 2.94. The fraction of sp³-hybridized carbons (Fsp3) is 0.471. The van der Waals surface area contributed by atoms with Gasteiger partial charge in [-0.1, -0.05) is 32.0 Å². The first-order valence-electron chi connectivity index (χ1n) is 7.57. The summed E-state index contributed by atoms with van der Waals surface area (Å²) >= 11 is 0. The van der Waals surface area contributed by atoms with Gasteiger partial charge in [-0.3, -0.25) is 4.79 Å². The van der Waals surface area contributed by atoms with E-state index in [1.807, 2.05) is 49.1 Å². The summed E-state index contributed by atoms with van der Waals surface area (Å²) in [5.74, 6) is 0.748. The predicted octanol–water partition coefficient (Wildman–Crippen LogP) is 3.33. The smallest absolute Gasteiger partial charge is 0.227 e. The molecule has 1 aromatic carbocycles. The van der Waals surface area contributed by atoms with Crippen molar-refractivity contribution in [2.75, 3.05) is 13.1 Å². The zero-order valence-corrected chi connectivity index (χ0v) is 13.0. The summed E-state index contributed by atoms with van der Waals surface area (Å²) in [5, 5.41) is 1.06. The van der Waals surface area contributed by atoms with Gasteiger partial charge < -0.3 is 15.1 Å². The second kappa shape index (κ2) is 6.76. The van der Waals surface area contributed by atoms with Crippen LogP contribution in [0.15, 0.2) is 34.7 Å². The third kappa shape index (κ3) is 3.27. The summed E-state index contributed by atoms with van der Waals surface area (Å²) in [4.78, 5) is 14.4. The van der Waals surface area contributed by atoms with Gasteiger partial charge in [0.1, 0.15) is 11.3 Å². The molecule has 0 saturated heterocycles. The maximum Gasteiger partial charge on any atom is 0.227 e. The second-order valence-corrected chi connectivity index (χ2v) is 5.53. The molecule has 0 bridgehead atoms. The first kappa shape index (κ1) is 15.6. The molecule has 2 N–H and O–H groups in total. The number of carbonyl (C=O) groups excluding carboxylic acids is 1. The van der Waals surface area contributed by atoms with Crippen molar-refractivity contribution in [2.45, 2.75) is 33.2 Å². The molecule has 4 heteroatoms. The number of carbonyl (C=O) groups is 1. The number of rotatable bonds is 6. The SMILES string of the molecule is CCCN(C(=O)C(C)CN)C(C)c1cc2ccccc2o1. The molecule has 2 rings (SSSR count). The molecule has 0 aliphatic rings. The molecule has 1 heterocycles. The highest BCUT2D eigenvalue weighted by Gasteiger charge is 2.26. The van der Waals surface area contributed by atoms with E-state index in [0.29, 0.717) is 13.1 Å². The van der Waals surface area contributed by atoms with E-state index in [1.54, 1.807) is 0 Å². The lowest BCUT2D eigenvalue weighted by atomic mass is 10.1. The Kier molecular flexibility index (Phi) is 5.02. The highest BCUT2D eigenvalue weighted by atomic mass is 16.3. The number of hydrogen-bond donors (Lipinski definition) is 1. The van der Waals surface area contributed by atoms with E-state index < -0.39 is 0 Å². The molecule has 114 valence electrons. The third-order valence-corrected chi connectivity index (χ3v) is 3.85. The van der Waals surface area contributed by atoms with Crippen LogP contribution in [0.25, 0.3) is 11.0 Å². The molecule has 1 aromatic heterocycles. The Morgan fingerprint density at radius 2 is 2.05 bits per heavy atom. The molecule has 0 fully saturated rings. The number of fused-ring (bicyclic) bond motifs is 1. The van der Waals surface area contributed by atoms with Crippen LogP contribution in [0.4, 0.5) is 0 Å². The lowest BCUT2D eigenvalue weighted by molar-refractivity contribution is -0.137. The molecule has 0 aliphatic carbocycles. The van der Waals surface area contributed by atoms with Gasteiger partial charge in [-0.2, -0.15) is 0 Å². The highest BCUT2D eigenvalue weighted by molar-refractivity contribution is 5.80. The quantitative estimate of drug-likeness (QED) is 0.887. The van der Waals surface area contributed by atoms with Crippen molar-refractivity contribution in [3.63, 3.8) is 0 Å². The number of para-hydroxylation sites is 1. The van der Waals surface area contributed by atoms with Crippen LogP contribution in [0.3, 0.4) is 0 Å². The largest absolute Gasteiger partial charge is 0.459 e. The number of furan rings is 1. The van der Waals surface area contributed by atoms with E-state index in [2.05, 4.69) is 6.92 Å². The minimum Gasteiger partial charge on any atom is -0.459 e. The number of nitrogens with zero attached hydrogens (tertiary/aromatic N) is 1. The zero-order valence-electron chi connectivity index (χ0n) is 13.0. The van der Waals surface area contributed by atoms with Crippen LogP contribution < -0.4 is 5.73 Å². The molecule has 2 atom stereocenters. The average molecular weight is 288 g/mol. The number of hydrogen-bond acceptors (Lipinski definition) is 3. The molecule has 2 aromatic rings. The standard InChI is InChI=1S/C17H24N2O2/c1-4-9-19(17(20)12(2)11-18)13(3)16-10-14-7-5-6-8-15(14)21-16/h5-8,10,12-13H,4,9,11,18H2,1-3H3. The van der Waals surface area contributed by atoms with Gasteiger partial charge in [0.25, 0.3) is 0 Å². The number of benzene rings is 1. The van der Waals surface area contributed by atoms with E-state index >= 15 is 0 Å². The predicted molar refractivity (Wildman–Crippen MR) is 84.9 cm³/mol. The molecule has 0 aliphatic heterocycles. The van der Waals surface area contributed by atoms with Crippen LogP contribution in [0.2, 0.25) is 0 Å². The minimum atomic E-state index is -0.164. The van der Waals surface area contributed by atoms with Crippen LogP contribution in [0, 0.1) is 5.92 Å². The summed E-state index contributed by atoms with van der Waals surface area (Å²) in [6.07, 6.45) is 0.910. The zero-order chi connectivity index (χ0) is 15.4. The Balaban J connectivity index is 2.28. The van der Waals surface area contributed by atoms with Crippen LogP contribution >= 0.6 is 0 Å². The first-order valence-corrected chi connectivity index (χ1v) is 7.57. The van der Waals surface area contributed by atoms with Crippen molar-refractivity contribution in [1.29, 1.82) is 0 Å². The fourth-order valence-electron chi connectivity index (χ4n) is 2.48. The van der Waals surface area contributed by atoms with Gasteiger partial charge in [-0.15, -0.1) is 0 Å². The Labute approximate surface area is 125 Å². The summed E-state index contributed by atoms with van der Waals surface area (Å²) < 4.78 is 5.90. The Morgan fingerprint density at radius 3 is 2.67 bits per heavy atom. The van der Waals surface area contributed by atoms with E-state index in [1.165, 1.54) is 0 Å². The lowest BCUT2D eigenvalue weighted by Gasteiger charge is -2.29. The van der Waals surface area contributed by atoms with E-state index in [9.17, 15) is 4.79 Å². The topological polar surface area (TPSA) is 59.5 Å². The molecule has 1 amide bonds. The number of nitrogens with two attached hydrogens (primary N) is 1. The van der Waals surface area contributed by atoms with Gasteiger partial charge in [0.15, 0.2) is 0 Å². The molecule has 2 unspecified atom stereocenters. The van der Waals surface area contributed by atoms with E-state index in [4.69, 9.17) is 10.2 Å². The molecule has 0 radical (unpaired) electrons. The summed E-state index contributed by atoms with van der Waals surface area (Å²) in [6.45, 7) is 7.02. The van der Waals surface area contributed by atoms with Crippen molar-refractivity contribution >= 4 is 16.9 Å². The maximum atomic E-state index is 12.5. The van der Waals surface area contributed by atoms with Crippen LogP contribution in [0.1, 0.15) is 39.0 Å². The molecule has 4 nitrogen and oxygen atoms in total.